The summed E-state index contributed by atoms with van der Waals surface area (Å²) in [6, 6.07) is 12.0. The topological polar surface area (TPSA) is 88.9 Å². The largest absolute Gasteiger partial charge is 0.322 e. The number of pyridine rings is 1. The molecule has 0 saturated carbocycles. The van der Waals surface area contributed by atoms with E-state index in [9.17, 15) is 9.59 Å². The zero-order valence-corrected chi connectivity index (χ0v) is 14.6. The second-order valence-electron chi connectivity index (χ2n) is 5.72. The number of carbonyl (C=O) groups excluding carboxylic acids is 2. The SMILES string of the molecule is CCc1nn(C)cc1C(=O)Nc1cccc(C(=O)Nc2ccccn2)c1. The number of carbonyl (C=O) groups is 2. The van der Waals surface area contributed by atoms with Crippen LogP contribution in [0.15, 0.2) is 54.9 Å². The lowest BCUT2D eigenvalue weighted by atomic mass is 10.1. The normalized spacial score (nSPS) is 10.4. The van der Waals surface area contributed by atoms with E-state index in [2.05, 4.69) is 20.7 Å². The summed E-state index contributed by atoms with van der Waals surface area (Å²) in [4.78, 5) is 28.9. The molecule has 3 rings (SSSR count). The van der Waals surface area contributed by atoms with Crippen molar-refractivity contribution in [2.45, 2.75) is 13.3 Å². The predicted octanol–water partition coefficient (Wildman–Crippen LogP) is 2.88. The molecule has 7 heteroatoms. The van der Waals surface area contributed by atoms with Gasteiger partial charge in [0.05, 0.1) is 11.3 Å². The molecule has 3 aromatic rings. The molecule has 2 heterocycles. The van der Waals surface area contributed by atoms with Gasteiger partial charge in [0.25, 0.3) is 11.8 Å². The molecule has 7 nitrogen and oxygen atoms in total. The highest BCUT2D eigenvalue weighted by Gasteiger charge is 2.15. The fraction of sp³-hybridized carbons (Fsp3) is 0.158. The van der Waals surface area contributed by atoms with Crippen molar-refractivity contribution in [1.82, 2.24) is 14.8 Å². The van der Waals surface area contributed by atoms with Crippen LogP contribution in [0.3, 0.4) is 0 Å². The molecule has 0 atom stereocenters. The summed E-state index contributed by atoms with van der Waals surface area (Å²) in [5, 5.41) is 9.80. The van der Waals surface area contributed by atoms with Gasteiger partial charge in [0.1, 0.15) is 5.82 Å². The van der Waals surface area contributed by atoms with Crippen LogP contribution >= 0.6 is 0 Å². The van der Waals surface area contributed by atoms with Crippen LogP contribution in [-0.2, 0) is 13.5 Å². The van der Waals surface area contributed by atoms with Crippen molar-refractivity contribution in [2.75, 3.05) is 10.6 Å². The van der Waals surface area contributed by atoms with E-state index in [0.29, 0.717) is 29.1 Å². The number of nitrogens with one attached hydrogen (secondary N) is 2. The maximum Gasteiger partial charge on any atom is 0.259 e. The Labute approximate surface area is 151 Å². The van der Waals surface area contributed by atoms with Crippen LogP contribution in [0.1, 0.15) is 33.3 Å². The van der Waals surface area contributed by atoms with Gasteiger partial charge in [-0.3, -0.25) is 14.3 Å². The molecular weight excluding hydrogens is 330 g/mol. The van der Waals surface area contributed by atoms with Gasteiger partial charge in [-0.05, 0) is 36.8 Å². The minimum Gasteiger partial charge on any atom is -0.322 e. The first-order chi connectivity index (χ1) is 12.6. The Kier molecular flexibility index (Phi) is 5.07. The second-order valence-corrected chi connectivity index (χ2v) is 5.72. The molecule has 132 valence electrons. The zero-order chi connectivity index (χ0) is 18.5. The van der Waals surface area contributed by atoms with Crippen molar-refractivity contribution in [3.63, 3.8) is 0 Å². The molecule has 0 radical (unpaired) electrons. The monoisotopic (exact) mass is 349 g/mol. The molecule has 1 aromatic carbocycles. The lowest BCUT2D eigenvalue weighted by Gasteiger charge is -2.08. The molecule has 0 saturated heterocycles. The predicted molar refractivity (Wildman–Crippen MR) is 99.2 cm³/mol. The summed E-state index contributed by atoms with van der Waals surface area (Å²) in [6.45, 7) is 1.95. The first-order valence-electron chi connectivity index (χ1n) is 8.23. The van der Waals surface area contributed by atoms with E-state index in [1.165, 1.54) is 0 Å². The first-order valence-corrected chi connectivity index (χ1v) is 8.23. The van der Waals surface area contributed by atoms with Gasteiger partial charge in [0, 0.05) is 30.7 Å². The zero-order valence-electron chi connectivity index (χ0n) is 14.6. The van der Waals surface area contributed by atoms with Crippen LogP contribution in [0.5, 0.6) is 0 Å². The Hall–Kier alpha value is -3.48. The van der Waals surface area contributed by atoms with Gasteiger partial charge in [-0.15, -0.1) is 0 Å². The highest BCUT2D eigenvalue weighted by molar-refractivity contribution is 6.07. The van der Waals surface area contributed by atoms with Gasteiger partial charge in [0.2, 0.25) is 0 Å². The average molecular weight is 349 g/mol. The van der Waals surface area contributed by atoms with Crippen LogP contribution in [0.2, 0.25) is 0 Å². The third-order valence-electron chi connectivity index (χ3n) is 3.77. The molecule has 0 spiro atoms. The Balaban J connectivity index is 1.74. The number of aryl methyl sites for hydroxylation is 2. The second kappa shape index (κ2) is 7.60. The lowest BCUT2D eigenvalue weighted by Crippen LogP contribution is -2.15. The molecular formula is C19H19N5O2. The van der Waals surface area contributed by atoms with Crippen molar-refractivity contribution in [3.8, 4) is 0 Å². The highest BCUT2D eigenvalue weighted by atomic mass is 16.2. The highest BCUT2D eigenvalue weighted by Crippen LogP contribution is 2.15. The summed E-state index contributed by atoms with van der Waals surface area (Å²) in [5.41, 5.74) is 2.22. The Morgan fingerprint density at radius 1 is 1.08 bits per heavy atom. The number of hydrogen-bond donors (Lipinski definition) is 2. The van der Waals surface area contributed by atoms with Crippen molar-refractivity contribution in [1.29, 1.82) is 0 Å². The summed E-state index contributed by atoms with van der Waals surface area (Å²) in [5.74, 6) is -0.0810. The Bertz CT molecular complexity index is 934. The lowest BCUT2D eigenvalue weighted by molar-refractivity contribution is 0.101. The molecule has 0 aliphatic carbocycles. The summed E-state index contributed by atoms with van der Waals surface area (Å²) in [7, 11) is 1.78. The average Bonchev–Trinajstić information content (AvgIpc) is 3.04. The molecule has 2 amide bonds. The van der Waals surface area contributed by atoms with Gasteiger partial charge < -0.3 is 10.6 Å². The number of anilines is 2. The van der Waals surface area contributed by atoms with E-state index in [-0.39, 0.29) is 11.8 Å². The van der Waals surface area contributed by atoms with Crippen LogP contribution < -0.4 is 10.6 Å². The number of hydrogen-bond acceptors (Lipinski definition) is 4. The summed E-state index contributed by atoms with van der Waals surface area (Å²) >= 11 is 0. The van der Waals surface area contributed by atoms with Crippen LogP contribution in [-0.4, -0.2) is 26.6 Å². The van der Waals surface area contributed by atoms with Crippen LogP contribution in [0.4, 0.5) is 11.5 Å². The summed E-state index contributed by atoms with van der Waals surface area (Å²) in [6.07, 6.45) is 3.95. The van der Waals surface area contributed by atoms with E-state index >= 15 is 0 Å². The van der Waals surface area contributed by atoms with Crippen LogP contribution in [0.25, 0.3) is 0 Å². The van der Waals surface area contributed by atoms with E-state index < -0.39 is 0 Å². The van der Waals surface area contributed by atoms with Crippen molar-refractivity contribution < 1.29 is 9.59 Å². The van der Waals surface area contributed by atoms with Crippen LogP contribution in [0, 0.1) is 0 Å². The van der Waals surface area contributed by atoms with E-state index in [0.717, 1.165) is 5.69 Å². The molecule has 2 N–H and O–H groups in total. The first kappa shape index (κ1) is 17.3. The molecule has 0 fully saturated rings. The standard InChI is InChI=1S/C19H19N5O2/c1-3-16-15(12-24(2)23-16)19(26)21-14-8-6-7-13(11-14)18(25)22-17-9-4-5-10-20-17/h4-12H,3H2,1-2H3,(H,21,26)(H,20,22,25). The van der Waals surface area contributed by atoms with Gasteiger partial charge in [0.15, 0.2) is 0 Å². The van der Waals surface area contributed by atoms with Crippen molar-refractivity contribution in [3.05, 3.63) is 71.7 Å². The van der Waals surface area contributed by atoms with Gasteiger partial charge in [-0.25, -0.2) is 4.98 Å². The Morgan fingerprint density at radius 3 is 2.65 bits per heavy atom. The smallest absolute Gasteiger partial charge is 0.259 e. The third-order valence-corrected chi connectivity index (χ3v) is 3.77. The Morgan fingerprint density at radius 2 is 1.92 bits per heavy atom. The number of rotatable bonds is 5. The molecule has 2 aromatic heterocycles. The molecule has 0 aliphatic rings. The van der Waals surface area contributed by atoms with Gasteiger partial charge in [-0.2, -0.15) is 5.10 Å². The van der Waals surface area contributed by atoms with Crippen molar-refractivity contribution in [2.24, 2.45) is 7.05 Å². The molecule has 26 heavy (non-hydrogen) atoms. The van der Waals surface area contributed by atoms with E-state index in [4.69, 9.17) is 0 Å². The molecule has 0 unspecified atom stereocenters. The number of benzene rings is 1. The van der Waals surface area contributed by atoms with Gasteiger partial charge >= 0.3 is 0 Å². The maximum absolute atomic E-state index is 12.5. The number of amides is 2. The summed E-state index contributed by atoms with van der Waals surface area (Å²) < 4.78 is 1.62. The van der Waals surface area contributed by atoms with Crippen molar-refractivity contribution >= 4 is 23.3 Å². The number of nitrogens with zero attached hydrogens (tertiary/aromatic N) is 3. The van der Waals surface area contributed by atoms with E-state index in [1.807, 2.05) is 6.92 Å². The molecule has 0 bridgehead atoms. The van der Waals surface area contributed by atoms with Gasteiger partial charge in [-0.1, -0.05) is 19.1 Å². The fourth-order valence-electron chi connectivity index (χ4n) is 2.55. The number of aromatic nitrogens is 3. The maximum atomic E-state index is 12.5. The minimum absolute atomic E-state index is 0.253. The van der Waals surface area contributed by atoms with E-state index in [1.54, 1.807) is 66.6 Å². The third kappa shape index (κ3) is 3.94. The minimum atomic E-state index is -0.296. The quantitative estimate of drug-likeness (QED) is 0.741. The molecule has 0 aliphatic heterocycles. The fourth-order valence-corrected chi connectivity index (χ4v) is 2.55.